The van der Waals surface area contributed by atoms with E-state index in [4.69, 9.17) is 0 Å². The lowest BCUT2D eigenvalue weighted by Gasteiger charge is -2.32. The smallest absolute Gasteiger partial charge is 0.160 e. The number of halogens is 1. The highest BCUT2D eigenvalue weighted by Gasteiger charge is 2.25. The zero-order valence-corrected chi connectivity index (χ0v) is 13.9. The quantitative estimate of drug-likeness (QED) is 0.793. The topological polar surface area (TPSA) is 53.7 Å². The van der Waals surface area contributed by atoms with Gasteiger partial charge in [0.1, 0.15) is 11.6 Å². The van der Waals surface area contributed by atoms with E-state index in [-0.39, 0.29) is 5.82 Å². The van der Waals surface area contributed by atoms with Gasteiger partial charge in [0, 0.05) is 18.7 Å². The Balaban J connectivity index is 1.38. The molecular formula is C19H21FN4O. The van der Waals surface area contributed by atoms with Crippen LogP contribution in [0.2, 0.25) is 0 Å². The molecule has 3 heterocycles. The number of aliphatic hydroxyl groups is 1. The maximum Gasteiger partial charge on any atom is 0.160 e. The number of nitrogens with zero attached hydrogens (tertiary/aromatic N) is 4. The second-order valence-corrected chi connectivity index (χ2v) is 6.63. The lowest BCUT2D eigenvalue weighted by atomic mass is 9.95. The van der Waals surface area contributed by atoms with Gasteiger partial charge in [-0.1, -0.05) is 18.2 Å². The summed E-state index contributed by atoms with van der Waals surface area (Å²) in [6.45, 7) is 2.30. The third kappa shape index (κ3) is 3.41. The summed E-state index contributed by atoms with van der Waals surface area (Å²) in [4.78, 5) is 2.23. The van der Waals surface area contributed by atoms with Crippen LogP contribution in [0.1, 0.15) is 36.3 Å². The standard InChI is InChI=1S/C19H21FN4O/c20-16-5-3-4-15(12-16)17(25)13-23-10-7-14(8-11-23)19-22-21-18-6-1-2-9-24(18)19/h1-6,9,12,14,17,25H,7-8,10-11,13H2/t17-/m1/s1. The van der Waals surface area contributed by atoms with Crippen LogP contribution >= 0.6 is 0 Å². The molecule has 1 aliphatic heterocycles. The molecule has 1 saturated heterocycles. The van der Waals surface area contributed by atoms with Crippen molar-refractivity contribution in [3.05, 3.63) is 65.9 Å². The number of likely N-dealkylation sites (tertiary alicyclic amines) is 1. The molecule has 1 atom stereocenters. The molecular weight excluding hydrogens is 319 g/mol. The predicted octanol–water partition coefficient (Wildman–Crippen LogP) is 2.78. The second-order valence-electron chi connectivity index (χ2n) is 6.63. The lowest BCUT2D eigenvalue weighted by Crippen LogP contribution is -2.36. The van der Waals surface area contributed by atoms with E-state index in [0.717, 1.165) is 37.4 Å². The van der Waals surface area contributed by atoms with E-state index in [1.807, 2.05) is 24.4 Å². The zero-order valence-electron chi connectivity index (χ0n) is 13.9. The third-order valence-corrected chi connectivity index (χ3v) is 4.96. The maximum atomic E-state index is 13.3. The van der Waals surface area contributed by atoms with Crippen molar-refractivity contribution in [3.63, 3.8) is 0 Å². The summed E-state index contributed by atoms with van der Waals surface area (Å²) >= 11 is 0. The first kappa shape index (κ1) is 16.2. The average Bonchev–Trinajstić information content (AvgIpc) is 3.06. The highest BCUT2D eigenvalue weighted by atomic mass is 19.1. The van der Waals surface area contributed by atoms with Crippen molar-refractivity contribution in [2.75, 3.05) is 19.6 Å². The maximum absolute atomic E-state index is 13.3. The number of fused-ring (bicyclic) bond motifs is 1. The molecule has 4 rings (SSSR count). The summed E-state index contributed by atoms with van der Waals surface area (Å²) in [5.41, 5.74) is 1.51. The summed E-state index contributed by atoms with van der Waals surface area (Å²) < 4.78 is 15.4. The van der Waals surface area contributed by atoms with E-state index in [9.17, 15) is 9.50 Å². The van der Waals surface area contributed by atoms with Gasteiger partial charge >= 0.3 is 0 Å². The molecule has 0 amide bonds. The van der Waals surface area contributed by atoms with Crippen LogP contribution in [0, 0.1) is 5.82 Å². The number of rotatable bonds is 4. The molecule has 0 saturated carbocycles. The summed E-state index contributed by atoms with van der Waals surface area (Å²) in [6, 6.07) is 12.1. The van der Waals surface area contributed by atoms with Crippen molar-refractivity contribution in [2.24, 2.45) is 0 Å². The Hall–Kier alpha value is -2.31. The number of β-amino-alcohol motifs (C(OH)–C–C–N with tert-alkyl or cyclic N) is 1. The second kappa shape index (κ2) is 6.90. The molecule has 2 aromatic heterocycles. The Morgan fingerprint density at radius 3 is 2.76 bits per heavy atom. The van der Waals surface area contributed by atoms with Crippen molar-refractivity contribution < 1.29 is 9.50 Å². The Labute approximate surface area is 145 Å². The summed E-state index contributed by atoms with van der Waals surface area (Å²) in [6.07, 6.45) is 3.29. The van der Waals surface area contributed by atoms with Crippen molar-refractivity contribution in [1.82, 2.24) is 19.5 Å². The molecule has 3 aromatic rings. The minimum Gasteiger partial charge on any atom is -0.387 e. The average molecular weight is 340 g/mol. The number of hydrogen-bond acceptors (Lipinski definition) is 4. The van der Waals surface area contributed by atoms with E-state index in [0.29, 0.717) is 18.0 Å². The van der Waals surface area contributed by atoms with Crippen molar-refractivity contribution in [1.29, 1.82) is 0 Å². The number of aromatic nitrogens is 3. The fourth-order valence-corrected chi connectivity index (χ4v) is 3.58. The predicted molar refractivity (Wildman–Crippen MR) is 92.8 cm³/mol. The molecule has 1 fully saturated rings. The Kier molecular flexibility index (Phi) is 4.46. The van der Waals surface area contributed by atoms with Gasteiger partial charge in [0.15, 0.2) is 5.65 Å². The normalized spacial score (nSPS) is 17.8. The first-order chi connectivity index (χ1) is 12.2. The number of aliphatic hydroxyl groups excluding tert-OH is 1. The molecule has 6 heteroatoms. The van der Waals surface area contributed by atoms with E-state index in [1.165, 1.54) is 12.1 Å². The fourth-order valence-electron chi connectivity index (χ4n) is 3.58. The highest BCUT2D eigenvalue weighted by Crippen LogP contribution is 2.28. The van der Waals surface area contributed by atoms with Crippen molar-refractivity contribution >= 4 is 5.65 Å². The number of hydrogen-bond donors (Lipinski definition) is 1. The Morgan fingerprint density at radius 1 is 1.12 bits per heavy atom. The van der Waals surface area contributed by atoms with Crippen molar-refractivity contribution in [2.45, 2.75) is 24.9 Å². The number of pyridine rings is 1. The molecule has 1 N–H and O–H groups in total. The molecule has 0 spiro atoms. The molecule has 0 aliphatic carbocycles. The molecule has 0 radical (unpaired) electrons. The summed E-state index contributed by atoms with van der Waals surface area (Å²) in [7, 11) is 0. The third-order valence-electron chi connectivity index (χ3n) is 4.96. The number of benzene rings is 1. The SMILES string of the molecule is O[C@H](CN1CCC(c2nnc3ccccn23)CC1)c1cccc(F)c1. The van der Waals surface area contributed by atoms with Crippen LogP contribution in [-0.2, 0) is 0 Å². The zero-order chi connectivity index (χ0) is 17.2. The molecule has 1 aromatic carbocycles. The molecule has 1 aliphatic rings. The van der Waals surface area contributed by atoms with Crippen LogP contribution in [0.3, 0.4) is 0 Å². The largest absolute Gasteiger partial charge is 0.387 e. The number of piperidine rings is 1. The van der Waals surface area contributed by atoms with Gasteiger partial charge in [-0.15, -0.1) is 10.2 Å². The Morgan fingerprint density at radius 2 is 1.96 bits per heavy atom. The lowest BCUT2D eigenvalue weighted by molar-refractivity contribution is 0.0963. The van der Waals surface area contributed by atoms with Crippen LogP contribution in [0.15, 0.2) is 48.7 Å². The first-order valence-electron chi connectivity index (χ1n) is 8.66. The highest BCUT2D eigenvalue weighted by molar-refractivity contribution is 5.37. The van der Waals surface area contributed by atoms with E-state index in [1.54, 1.807) is 12.1 Å². The summed E-state index contributed by atoms with van der Waals surface area (Å²) in [5.74, 6) is 1.08. The van der Waals surface area contributed by atoms with Gasteiger partial charge < -0.3 is 10.0 Å². The van der Waals surface area contributed by atoms with E-state index >= 15 is 0 Å². The van der Waals surface area contributed by atoms with E-state index < -0.39 is 6.10 Å². The van der Waals surface area contributed by atoms with Crippen LogP contribution in [0.5, 0.6) is 0 Å². The van der Waals surface area contributed by atoms with Crippen LogP contribution in [0.25, 0.3) is 5.65 Å². The monoisotopic (exact) mass is 340 g/mol. The van der Waals surface area contributed by atoms with Gasteiger partial charge in [0.05, 0.1) is 6.10 Å². The minimum atomic E-state index is -0.666. The first-order valence-corrected chi connectivity index (χ1v) is 8.66. The molecule has 25 heavy (non-hydrogen) atoms. The molecule has 5 nitrogen and oxygen atoms in total. The molecule has 0 bridgehead atoms. The van der Waals surface area contributed by atoms with Gasteiger partial charge in [-0.05, 0) is 55.8 Å². The summed E-state index contributed by atoms with van der Waals surface area (Å²) in [5, 5.41) is 19.0. The van der Waals surface area contributed by atoms with Gasteiger partial charge in [-0.25, -0.2) is 4.39 Å². The van der Waals surface area contributed by atoms with Crippen LogP contribution in [0.4, 0.5) is 4.39 Å². The van der Waals surface area contributed by atoms with Crippen LogP contribution in [-0.4, -0.2) is 44.2 Å². The Bertz CT molecular complexity index is 857. The molecule has 0 unspecified atom stereocenters. The van der Waals surface area contributed by atoms with Crippen LogP contribution < -0.4 is 0 Å². The van der Waals surface area contributed by atoms with Gasteiger partial charge in [0.25, 0.3) is 0 Å². The fraction of sp³-hybridized carbons (Fsp3) is 0.368. The van der Waals surface area contributed by atoms with Gasteiger partial charge in [-0.3, -0.25) is 4.40 Å². The van der Waals surface area contributed by atoms with Gasteiger partial charge in [0.2, 0.25) is 0 Å². The van der Waals surface area contributed by atoms with E-state index in [2.05, 4.69) is 19.5 Å². The molecule has 130 valence electrons. The van der Waals surface area contributed by atoms with Gasteiger partial charge in [-0.2, -0.15) is 0 Å². The van der Waals surface area contributed by atoms with Crippen molar-refractivity contribution in [3.8, 4) is 0 Å². The minimum absolute atomic E-state index is 0.311.